The van der Waals surface area contributed by atoms with Crippen molar-refractivity contribution in [2.45, 2.75) is 63.6 Å². The van der Waals surface area contributed by atoms with E-state index in [9.17, 15) is 9.18 Å². The van der Waals surface area contributed by atoms with Crippen LogP contribution in [0.4, 0.5) is 4.39 Å². The fraction of sp³-hybridized carbons (Fsp3) is 0.609. The number of aromatic nitrogens is 3. The number of nitrogens with zero attached hydrogens (tertiary/aromatic N) is 4. The Hall–Kier alpha value is -1.89. The summed E-state index contributed by atoms with van der Waals surface area (Å²) in [6.07, 6.45) is 6.82. The monoisotopic (exact) mass is 430 g/mol. The summed E-state index contributed by atoms with van der Waals surface area (Å²) in [6.45, 7) is 6.09. The minimum absolute atomic E-state index is 0.157. The van der Waals surface area contributed by atoms with Gasteiger partial charge in [0.25, 0.3) is 0 Å². The van der Waals surface area contributed by atoms with Crippen molar-refractivity contribution >= 4 is 17.7 Å². The van der Waals surface area contributed by atoms with E-state index >= 15 is 0 Å². The van der Waals surface area contributed by atoms with Gasteiger partial charge in [-0.25, -0.2) is 4.39 Å². The lowest BCUT2D eigenvalue weighted by molar-refractivity contribution is -0.130. The first-order valence-corrected chi connectivity index (χ1v) is 12.1. The van der Waals surface area contributed by atoms with Crippen LogP contribution in [0.5, 0.6) is 0 Å². The number of rotatable bonds is 5. The lowest BCUT2D eigenvalue weighted by Gasteiger charge is -2.35. The van der Waals surface area contributed by atoms with Crippen LogP contribution in [0.1, 0.15) is 58.4 Å². The highest BCUT2D eigenvalue weighted by atomic mass is 32.2. The van der Waals surface area contributed by atoms with Gasteiger partial charge in [0, 0.05) is 19.1 Å². The third kappa shape index (κ3) is 4.71. The molecule has 1 amide bonds. The number of halogens is 1. The average molecular weight is 431 g/mol. The van der Waals surface area contributed by atoms with Gasteiger partial charge in [0.2, 0.25) is 5.91 Å². The van der Waals surface area contributed by atoms with E-state index in [-0.39, 0.29) is 17.8 Å². The predicted octanol–water partition coefficient (Wildman–Crippen LogP) is 5.19. The molecule has 0 bridgehead atoms. The Kier molecular flexibility index (Phi) is 6.76. The van der Waals surface area contributed by atoms with Gasteiger partial charge in [-0.3, -0.25) is 9.36 Å². The lowest BCUT2D eigenvalue weighted by Crippen LogP contribution is -2.43. The number of hydrogen-bond acceptors (Lipinski definition) is 4. The molecule has 1 saturated heterocycles. The van der Waals surface area contributed by atoms with Crippen LogP contribution in [-0.2, 0) is 4.79 Å². The lowest BCUT2D eigenvalue weighted by atomic mass is 9.92. The molecule has 2 aliphatic rings. The highest BCUT2D eigenvalue weighted by Gasteiger charge is 2.28. The summed E-state index contributed by atoms with van der Waals surface area (Å²) in [5, 5.41) is 9.49. The maximum Gasteiger partial charge on any atom is 0.233 e. The molecule has 1 aromatic heterocycles. The Balaban J connectivity index is 1.55. The van der Waals surface area contributed by atoms with E-state index in [1.807, 2.05) is 11.0 Å². The Morgan fingerprint density at radius 2 is 1.80 bits per heavy atom. The molecule has 1 aromatic carbocycles. The van der Waals surface area contributed by atoms with Crippen molar-refractivity contribution in [3.05, 3.63) is 30.1 Å². The molecule has 1 saturated carbocycles. The Morgan fingerprint density at radius 1 is 1.10 bits per heavy atom. The maximum atomic E-state index is 14.5. The molecular formula is C23H31FN4OS. The molecule has 4 rings (SSSR count). The zero-order valence-electron chi connectivity index (χ0n) is 17.9. The van der Waals surface area contributed by atoms with Crippen LogP contribution in [0.3, 0.4) is 0 Å². The zero-order valence-corrected chi connectivity index (χ0v) is 18.7. The largest absolute Gasteiger partial charge is 0.341 e. The number of benzene rings is 1. The van der Waals surface area contributed by atoms with Gasteiger partial charge in [-0.1, -0.05) is 57.0 Å². The zero-order chi connectivity index (χ0) is 21.1. The van der Waals surface area contributed by atoms with Gasteiger partial charge in [0.05, 0.1) is 11.3 Å². The molecule has 0 N–H and O–H groups in total. The molecule has 2 aromatic rings. The molecule has 2 heterocycles. The van der Waals surface area contributed by atoms with Gasteiger partial charge in [0.15, 0.2) is 11.0 Å². The number of hydrogen-bond donors (Lipinski definition) is 0. The molecule has 30 heavy (non-hydrogen) atoms. The average Bonchev–Trinajstić information content (AvgIpc) is 3.16. The molecule has 0 radical (unpaired) electrons. The SMILES string of the molecule is CC1CC(C)CN(C(=O)CSc2nnc(-c3ccccc3F)n2C2CCCCC2)C1. The minimum atomic E-state index is -0.286. The second kappa shape index (κ2) is 9.50. The van der Waals surface area contributed by atoms with Crippen LogP contribution in [0.25, 0.3) is 11.4 Å². The van der Waals surface area contributed by atoms with Gasteiger partial charge in [-0.15, -0.1) is 10.2 Å². The summed E-state index contributed by atoms with van der Waals surface area (Å²) in [6, 6.07) is 7.00. The summed E-state index contributed by atoms with van der Waals surface area (Å²) in [5.41, 5.74) is 0.479. The molecule has 2 fully saturated rings. The van der Waals surface area contributed by atoms with Crippen molar-refractivity contribution in [2.75, 3.05) is 18.8 Å². The van der Waals surface area contributed by atoms with Crippen LogP contribution in [0.15, 0.2) is 29.4 Å². The van der Waals surface area contributed by atoms with E-state index in [4.69, 9.17) is 0 Å². The maximum absolute atomic E-state index is 14.5. The number of carbonyl (C=O) groups is 1. The van der Waals surface area contributed by atoms with Gasteiger partial charge in [-0.05, 0) is 43.2 Å². The van der Waals surface area contributed by atoms with E-state index in [2.05, 4.69) is 28.6 Å². The third-order valence-corrected chi connectivity index (χ3v) is 7.19. The van der Waals surface area contributed by atoms with E-state index in [1.165, 1.54) is 30.7 Å². The van der Waals surface area contributed by atoms with Crippen molar-refractivity contribution in [3.63, 3.8) is 0 Å². The summed E-state index contributed by atoms with van der Waals surface area (Å²) in [5.74, 6) is 1.88. The summed E-state index contributed by atoms with van der Waals surface area (Å²) < 4.78 is 16.6. The molecule has 5 nitrogen and oxygen atoms in total. The highest BCUT2D eigenvalue weighted by Crippen LogP contribution is 2.36. The van der Waals surface area contributed by atoms with Crippen LogP contribution in [0, 0.1) is 17.7 Å². The van der Waals surface area contributed by atoms with Crippen molar-refractivity contribution in [1.29, 1.82) is 0 Å². The van der Waals surface area contributed by atoms with Crippen LogP contribution in [-0.4, -0.2) is 44.4 Å². The van der Waals surface area contributed by atoms with Crippen LogP contribution < -0.4 is 0 Å². The topological polar surface area (TPSA) is 51.0 Å². The third-order valence-electron chi connectivity index (χ3n) is 6.27. The minimum Gasteiger partial charge on any atom is -0.341 e. The smallest absolute Gasteiger partial charge is 0.233 e. The van der Waals surface area contributed by atoms with Crippen LogP contribution in [0.2, 0.25) is 0 Å². The second-order valence-corrected chi connectivity index (χ2v) is 9.92. The molecule has 162 valence electrons. The number of likely N-dealkylation sites (tertiary alicyclic amines) is 1. The Morgan fingerprint density at radius 3 is 2.50 bits per heavy atom. The Labute approximate surface area is 182 Å². The second-order valence-electron chi connectivity index (χ2n) is 8.98. The fourth-order valence-electron chi connectivity index (χ4n) is 4.95. The molecule has 1 aliphatic heterocycles. The summed E-state index contributed by atoms with van der Waals surface area (Å²) in [4.78, 5) is 14.9. The van der Waals surface area contributed by atoms with E-state index in [0.717, 1.165) is 43.9 Å². The molecule has 7 heteroatoms. The Bertz CT molecular complexity index is 870. The van der Waals surface area contributed by atoms with Crippen molar-refractivity contribution in [2.24, 2.45) is 11.8 Å². The van der Waals surface area contributed by atoms with Crippen LogP contribution >= 0.6 is 11.8 Å². The normalized spacial score (nSPS) is 23.0. The van der Waals surface area contributed by atoms with Gasteiger partial charge in [0.1, 0.15) is 5.82 Å². The first kappa shape index (κ1) is 21.3. The molecule has 0 spiro atoms. The summed E-state index contributed by atoms with van der Waals surface area (Å²) >= 11 is 1.44. The quantitative estimate of drug-likeness (QED) is 0.613. The number of piperidine rings is 1. The van der Waals surface area contributed by atoms with E-state index in [1.54, 1.807) is 12.1 Å². The number of carbonyl (C=O) groups excluding carboxylic acids is 1. The molecule has 2 unspecified atom stereocenters. The van der Waals surface area contributed by atoms with Crippen molar-refractivity contribution in [1.82, 2.24) is 19.7 Å². The summed E-state index contributed by atoms with van der Waals surface area (Å²) in [7, 11) is 0. The number of thioether (sulfide) groups is 1. The van der Waals surface area contributed by atoms with Crippen molar-refractivity contribution < 1.29 is 9.18 Å². The first-order chi connectivity index (χ1) is 14.5. The molecular weight excluding hydrogens is 399 g/mol. The number of amides is 1. The highest BCUT2D eigenvalue weighted by molar-refractivity contribution is 7.99. The van der Waals surface area contributed by atoms with Gasteiger partial charge < -0.3 is 4.90 Å². The van der Waals surface area contributed by atoms with E-state index < -0.39 is 0 Å². The first-order valence-electron chi connectivity index (χ1n) is 11.1. The van der Waals surface area contributed by atoms with E-state index in [0.29, 0.717) is 29.0 Å². The van der Waals surface area contributed by atoms with Crippen molar-refractivity contribution in [3.8, 4) is 11.4 Å². The standard InChI is InChI=1S/C23H31FN4OS/c1-16-12-17(2)14-27(13-16)21(29)15-30-23-26-25-22(19-10-6-7-11-20(19)24)28(23)18-8-4-3-5-9-18/h6-7,10-11,16-18H,3-5,8-9,12-15H2,1-2H3. The predicted molar refractivity (Wildman–Crippen MR) is 118 cm³/mol. The molecule has 2 atom stereocenters. The van der Waals surface area contributed by atoms with Gasteiger partial charge in [-0.2, -0.15) is 0 Å². The molecule has 1 aliphatic carbocycles. The van der Waals surface area contributed by atoms with Gasteiger partial charge >= 0.3 is 0 Å². The fourth-order valence-corrected chi connectivity index (χ4v) is 5.86.